The van der Waals surface area contributed by atoms with E-state index in [-0.39, 0.29) is 25.7 Å². The molecule has 0 aliphatic heterocycles. The molecule has 564 valence electrons. The van der Waals surface area contributed by atoms with Gasteiger partial charge in [0.15, 0.2) is 12.2 Å². The van der Waals surface area contributed by atoms with Gasteiger partial charge in [-0.25, -0.2) is 9.13 Å². The number of phosphoric acid groups is 2. The predicted octanol–water partition coefficient (Wildman–Crippen LogP) is 22.5. The highest BCUT2D eigenvalue weighted by Gasteiger charge is 2.30. The smallest absolute Gasteiger partial charge is 0.462 e. The maximum atomic E-state index is 13.1. The number of carbonyl (C=O) groups excluding carboxylic acids is 4. The summed E-state index contributed by atoms with van der Waals surface area (Å²) in [7, 11) is -9.90. The Morgan fingerprint density at radius 2 is 0.484 bits per heavy atom. The summed E-state index contributed by atoms with van der Waals surface area (Å²) in [6.45, 7) is 7.31. The van der Waals surface area contributed by atoms with Crippen LogP contribution in [0, 0.1) is 5.92 Å². The maximum Gasteiger partial charge on any atom is 0.472 e. The molecule has 0 saturated heterocycles. The summed E-state index contributed by atoms with van der Waals surface area (Å²) in [5.41, 5.74) is 0. The highest BCUT2D eigenvalue weighted by molar-refractivity contribution is 7.47. The van der Waals surface area contributed by atoms with Crippen molar-refractivity contribution < 1.29 is 80.2 Å². The lowest BCUT2D eigenvalue weighted by molar-refractivity contribution is -0.161. The molecule has 0 fully saturated rings. The Labute approximate surface area is 581 Å². The Kier molecular flexibility index (Phi) is 67.7. The van der Waals surface area contributed by atoms with Crippen molar-refractivity contribution in [3.63, 3.8) is 0 Å². The van der Waals surface area contributed by atoms with E-state index in [1.165, 1.54) is 218 Å². The van der Waals surface area contributed by atoms with E-state index < -0.39 is 97.5 Å². The number of rotatable bonds is 76. The van der Waals surface area contributed by atoms with Crippen molar-refractivity contribution >= 4 is 39.5 Å². The summed E-state index contributed by atoms with van der Waals surface area (Å²) in [5.74, 6) is -1.29. The van der Waals surface area contributed by atoms with Crippen molar-refractivity contribution in [1.29, 1.82) is 0 Å². The Balaban J connectivity index is 5.17. The van der Waals surface area contributed by atoms with E-state index in [9.17, 15) is 43.2 Å². The molecule has 0 radical (unpaired) electrons. The Morgan fingerprint density at radius 3 is 0.716 bits per heavy atom. The van der Waals surface area contributed by atoms with Crippen molar-refractivity contribution in [2.75, 3.05) is 39.6 Å². The van der Waals surface area contributed by atoms with Crippen LogP contribution >= 0.6 is 15.6 Å². The van der Waals surface area contributed by atoms with Gasteiger partial charge in [0.25, 0.3) is 0 Å². The number of hydrogen-bond acceptors (Lipinski definition) is 15. The molecule has 5 atom stereocenters. The number of phosphoric ester groups is 2. The summed E-state index contributed by atoms with van der Waals surface area (Å²) >= 11 is 0. The van der Waals surface area contributed by atoms with Crippen molar-refractivity contribution in [2.45, 2.75) is 419 Å². The summed E-state index contributed by atoms with van der Waals surface area (Å²) < 4.78 is 68.4. The molecule has 0 aromatic carbocycles. The van der Waals surface area contributed by atoms with E-state index in [0.717, 1.165) is 102 Å². The van der Waals surface area contributed by atoms with Gasteiger partial charge in [-0.15, -0.1) is 0 Å². The van der Waals surface area contributed by atoms with Crippen LogP contribution < -0.4 is 0 Å². The fourth-order valence-corrected chi connectivity index (χ4v) is 13.3. The van der Waals surface area contributed by atoms with Crippen LogP contribution in [0.15, 0.2) is 0 Å². The zero-order chi connectivity index (χ0) is 69.8. The minimum atomic E-state index is -4.96. The van der Waals surface area contributed by atoms with Crippen LogP contribution in [0.3, 0.4) is 0 Å². The lowest BCUT2D eigenvalue weighted by Gasteiger charge is -2.21. The molecule has 0 saturated carbocycles. The second-order valence-corrected chi connectivity index (χ2v) is 30.8. The van der Waals surface area contributed by atoms with E-state index >= 15 is 0 Å². The van der Waals surface area contributed by atoms with Gasteiger partial charge in [0, 0.05) is 25.7 Å². The number of ether oxygens (including phenoxy) is 4. The van der Waals surface area contributed by atoms with Crippen LogP contribution in [0.5, 0.6) is 0 Å². The zero-order valence-electron chi connectivity index (χ0n) is 61.8. The van der Waals surface area contributed by atoms with Gasteiger partial charge >= 0.3 is 39.5 Å². The average Bonchev–Trinajstić information content (AvgIpc) is 1.32. The molecule has 0 aromatic heterocycles. The van der Waals surface area contributed by atoms with Crippen LogP contribution in [0.25, 0.3) is 0 Å². The fourth-order valence-electron chi connectivity index (χ4n) is 11.7. The molecule has 0 aliphatic carbocycles. The van der Waals surface area contributed by atoms with Gasteiger partial charge in [0.1, 0.15) is 19.3 Å². The van der Waals surface area contributed by atoms with E-state index in [1.54, 1.807) is 0 Å². The second kappa shape index (κ2) is 69.2. The van der Waals surface area contributed by atoms with Crippen LogP contribution in [0.4, 0.5) is 0 Å². The van der Waals surface area contributed by atoms with Gasteiger partial charge in [-0.05, 0) is 31.6 Å². The molecule has 3 N–H and O–H groups in total. The molecule has 2 unspecified atom stereocenters. The molecular weight excluding hydrogens is 1250 g/mol. The first kappa shape index (κ1) is 93.1. The van der Waals surface area contributed by atoms with Crippen LogP contribution in [-0.2, 0) is 65.4 Å². The summed E-state index contributed by atoms with van der Waals surface area (Å²) in [6.07, 6.45) is 58.3. The van der Waals surface area contributed by atoms with Gasteiger partial charge in [0.2, 0.25) is 0 Å². The van der Waals surface area contributed by atoms with Crippen LogP contribution in [0.2, 0.25) is 0 Å². The van der Waals surface area contributed by atoms with Crippen molar-refractivity contribution in [1.82, 2.24) is 0 Å². The first-order chi connectivity index (χ1) is 46.0. The number of hydrogen-bond donors (Lipinski definition) is 3. The molecule has 0 spiro atoms. The highest BCUT2D eigenvalue weighted by atomic mass is 31.2. The second-order valence-electron chi connectivity index (χ2n) is 27.9. The third-order valence-electron chi connectivity index (χ3n) is 17.8. The molecule has 0 rings (SSSR count). The fraction of sp³-hybridized carbons (Fsp3) is 0.947. The molecule has 0 heterocycles. The van der Waals surface area contributed by atoms with E-state index in [0.29, 0.717) is 25.7 Å². The quantitative estimate of drug-likeness (QED) is 0.0222. The highest BCUT2D eigenvalue weighted by Crippen LogP contribution is 2.45. The molecule has 0 bridgehead atoms. The van der Waals surface area contributed by atoms with E-state index in [4.69, 9.17) is 37.0 Å². The van der Waals surface area contributed by atoms with E-state index in [2.05, 4.69) is 34.6 Å². The number of aliphatic hydroxyl groups is 1. The topological polar surface area (TPSA) is 237 Å². The number of carbonyl (C=O) groups is 4. The van der Waals surface area contributed by atoms with Crippen molar-refractivity contribution in [3.8, 4) is 0 Å². The monoisotopic (exact) mass is 1400 g/mol. The SMILES string of the molecule is CCCCCCCCCCCCCCCC(=O)OC[C@H](COP(=O)(O)OC[C@@H](O)COP(=O)(O)OC[C@@H](COC(=O)CCCCCCCCCC)OC(=O)CCCCCCCCCCCCCCC)OC(=O)CCCCCCCCCCCCCCCCCCCCC(C)C. The summed E-state index contributed by atoms with van der Waals surface area (Å²) in [6, 6.07) is 0. The van der Waals surface area contributed by atoms with Crippen LogP contribution in [-0.4, -0.2) is 96.7 Å². The lowest BCUT2D eigenvalue weighted by Crippen LogP contribution is -2.30. The summed E-state index contributed by atoms with van der Waals surface area (Å²) in [4.78, 5) is 72.7. The molecule has 17 nitrogen and oxygen atoms in total. The maximum absolute atomic E-state index is 13.1. The first-order valence-corrected chi connectivity index (χ1v) is 42.6. The Hall–Kier alpha value is -1.94. The third kappa shape index (κ3) is 70.3. The minimum Gasteiger partial charge on any atom is -0.462 e. The summed E-state index contributed by atoms with van der Waals surface area (Å²) in [5, 5.41) is 10.6. The van der Waals surface area contributed by atoms with Crippen LogP contribution in [0.1, 0.15) is 401 Å². The number of esters is 4. The third-order valence-corrected chi connectivity index (χ3v) is 19.7. The largest absolute Gasteiger partial charge is 0.472 e. The minimum absolute atomic E-state index is 0.108. The molecule has 0 aliphatic rings. The van der Waals surface area contributed by atoms with Gasteiger partial charge in [-0.2, -0.15) is 0 Å². The van der Waals surface area contributed by atoms with Gasteiger partial charge in [-0.1, -0.05) is 349 Å². The normalized spacial score (nSPS) is 13.9. The number of unbranched alkanes of at least 4 members (excludes halogenated alkanes) is 48. The van der Waals surface area contributed by atoms with Gasteiger partial charge in [-0.3, -0.25) is 37.3 Å². The lowest BCUT2D eigenvalue weighted by atomic mass is 10.0. The number of aliphatic hydroxyl groups excluding tert-OH is 1. The first-order valence-electron chi connectivity index (χ1n) is 39.6. The molecule has 0 amide bonds. The van der Waals surface area contributed by atoms with Gasteiger partial charge < -0.3 is 33.8 Å². The predicted molar refractivity (Wildman–Crippen MR) is 386 cm³/mol. The Morgan fingerprint density at radius 1 is 0.284 bits per heavy atom. The van der Waals surface area contributed by atoms with Crippen molar-refractivity contribution in [3.05, 3.63) is 0 Å². The molecule has 19 heteroatoms. The van der Waals surface area contributed by atoms with E-state index in [1.807, 2.05) is 0 Å². The molecular formula is C76H148O17P2. The average molecular weight is 1400 g/mol. The zero-order valence-corrected chi connectivity index (χ0v) is 63.6. The van der Waals surface area contributed by atoms with Gasteiger partial charge in [0.05, 0.1) is 26.4 Å². The Bertz CT molecular complexity index is 1820. The standard InChI is InChI=1S/C76H148O17P2/c1-6-9-12-15-18-21-23-31-36-40-45-50-55-60-74(79)87-66-72(93-76(81)62-57-52-47-42-38-34-30-28-26-25-27-29-33-35-39-43-48-53-58-69(4)5)68-91-95(84,85)89-64-70(77)63-88-94(82,83)90-67-71(65-86-73(78)59-54-49-44-20-17-14-11-8-3)92-75(80)61-56-51-46-41-37-32-24-22-19-16-13-10-7-2/h69-72,77H,6-68H2,1-5H3,(H,82,83)(H,84,85)/t70-,71+,72+/m0/s1. The van der Waals surface area contributed by atoms with Crippen molar-refractivity contribution in [2.24, 2.45) is 5.92 Å². The molecule has 95 heavy (non-hydrogen) atoms. The molecule has 0 aromatic rings.